The first-order chi connectivity index (χ1) is 11.5. The van der Waals surface area contributed by atoms with Crippen molar-refractivity contribution in [3.63, 3.8) is 0 Å². The van der Waals surface area contributed by atoms with Crippen LogP contribution in [0.2, 0.25) is 0 Å². The van der Waals surface area contributed by atoms with E-state index < -0.39 is 17.6 Å². The lowest BCUT2D eigenvalue weighted by Gasteiger charge is -2.15. The van der Waals surface area contributed by atoms with Gasteiger partial charge in [0.1, 0.15) is 0 Å². The highest BCUT2D eigenvalue weighted by Gasteiger charge is 2.29. The lowest BCUT2D eigenvalue weighted by atomic mass is 9.93. The Morgan fingerprint density at radius 3 is 2.35 bits per heavy atom. The highest BCUT2D eigenvalue weighted by atomic mass is 16.5. The van der Waals surface area contributed by atoms with Crippen molar-refractivity contribution >= 4 is 11.6 Å². The van der Waals surface area contributed by atoms with Gasteiger partial charge in [-0.1, -0.05) is 67.9 Å². The topological polar surface area (TPSA) is 43.4 Å². The number of carbonyl (C=O) groups excluding carboxylic acids is 2. The van der Waals surface area contributed by atoms with E-state index in [4.69, 9.17) is 6.11 Å². The Labute approximate surface area is 138 Å². The van der Waals surface area contributed by atoms with Crippen molar-refractivity contribution in [3.8, 4) is 0 Å². The van der Waals surface area contributed by atoms with E-state index >= 15 is 0 Å². The molecule has 1 unspecified atom stereocenters. The molecule has 3 nitrogen and oxygen atoms in total. The molecule has 0 fully saturated rings. The number of ether oxygens (including phenoxy) is 1. The number of hydrogen-bond donors (Lipinski definition) is 0. The van der Waals surface area contributed by atoms with Crippen LogP contribution in [0.3, 0.4) is 0 Å². The summed E-state index contributed by atoms with van der Waals surface area (Å²) >= 11 is 0. The molecule has 120 valence electrons. The SMILES string of the molecule is [2H]C(OC)(C(=O)c1ccccc1)C(=O)c1ccccc1CCCC. The van der Waals surface area contributed by atoms with Crippen LogP contribution in [0.1, 0.15) is 47.4 Å². The van der Waals surface area contributed by atoms with Gasteiger partial charge >= 0.3 is 0 Å². The molecule has 1 atom stereocenters. The molecule has 0 aromatic heterocycles. The standard InChI is InChI=1S/C20H22O3/c1-3-4-10-15-11-8-9-14-17(15)19(22)20(23-2)18(21)16-12-6-5-7-13-16/h5-9,11-14,20H,3-4,10H2,1-2H3/i20D. The second kappa shape index (κ2) is 8.39. The Hall–Kier alpha value is -2.26. The van der Waals surface area contributed by atoms with Crippen molar-refractivity contribution in [1.29, 1.82) is 0 Å². The molecule has 23 heavy (non-hydrogen) atoms. The molecule has 0 saturated carbocycles. The van der Waals surface area contributed by atoms with Crippen LogP contribution in [0, 0.1) is 0 Å². The van der Waals surface area contributed by atoms with Crippen molar-refractivity contribution < 1.29 is 15.7 Å². The zero-order chi connectivity index (χ0) is 17.6. The van der Waals surface area contributed by atoms with Crippen molar-refractivity contribution in [3.05, 3.63) is 71.3 Å². The van der Waals surface area contributed by atoms with E-state index in [0.717, 1.165) is 24.8 Å². The number of methoxy groups -OCH3 is 1. The Balaban J connectivity index is 2.40. The van der Waals surface area contributed by atoms with E-state index in [2.05, 4.69) is 6.92 Å². The number of benzene rings is 2. The summed E-state index contributed by atoms with van der Waals surface area (Å²) in [5.41, 5.74) is 1.51. The highest BCUT2D eigenvalue weighted by molar-refractivity contribution is 6.19. The number of rotatable bonds is 8. The van der Waals surface area contributed by atoms with Gasteiger partial charge in [-0.05, 0) is 18.4 Å². The fourth-order valence-electron chi connectivity index (χ4n) is 2.46. The van der Waals surface area contributed by atoms with Gasteiger partial charge in [0.25, 0.3) is 0 Å². The molecule has 2 rings (SSSR count). The summed E-state index contributed by atoms with van der Waals surface area (Å²) in [6.45, 7) is 2.08. The second-order valence-corrected chi connectivity index (χ2v) is 5.32. The second-order valence-electron chi connectivity index (χ2n) is 5.32. The predicted molar refractivity (Wildman–Crippen MR) is 91.0 cm³/mol. The molecule has 0 amide bonds. The van der Waals surface area contributed by atoms with Crippen LogP contribution >= 0.6 is 0 Å². The van der Waals surface area contributed by atoms with Crippen LogP contribution in [-0.2, 0) is 11.2 Å². The number of unbranched alkanes of at least 4 members (excludes halogenated alkanes) is 1. The van der Waals surface area contributed by atoms with Crippen LogP contribution in [0.5, 0.6) is 0 Å². The summed E-state index contributed by atoms with van der Waals surface area (Å²) in [5, 5.41) is 0. The van der Waals surface area contributed by atoms with E-state index in [9.17, 15) is 9.59 Å². The average Bonchev–Trinajstić information content (AvgIpc) is 2.65. The summed E-state index contributed by atoms with van der Waals surface area (Å²) < 4.78 is 13.5. The number of ketones is 2. The molecule has 0 aliphatic rings. The molecule has 0 aliphatic heterocycles. The summed E-state index contributed by atoms with van der Waals surface area (Å²) in [7, 11) is 1.22. The molecule has 2 aromatic carbocycles. The summed E-state index contributed by atoms with van der Waals surface area (Å²) in [5.74, 6) is -1.27. The van der Waals surface area contributed by atoms with Crippen LogP contribution in [-0.4, -0.2) is 24.8 Å². The minimum absolute atomic E-state index is 0.286. The van der Waals surface area contributed by atoms with Crippen LogP contribution in [0.15, 0.2) is 54.6 Å². The van der Waals surface area contributed by atoms with Gasteiger partial charge in [-0.2, -0.15) is 0 Å². The predicted octanol–water partition coefficient (Wildman–Crippen LogP) is 4.11. The van der Waals surface area contributed by atoms with Gasteiger partial charge in [0.05, 0.1) is 1.37 Å². The number of hydrogen-bond acceptors (Lipinski definition) is 3. The molecule has 2 aromatic rings. The number of Topliss-reactive ketones (excluding diaryl/α,β-unsaturated/α-hetero) is 2. The first-order valence-electron chi connectivity index (χ1n) is 8.32. The van der Waals surface area contributed by atoms with Gasteiger partial charge in [-0.15, -0.1) is 0 Å². The third-order valence-corrected chi connectivity index (χ3v) is 3.71. The molecule has 0 spiro atoms. The number of carbonyl (C=O) groups is 2. The maximum Gasteiger partial charge on any atom is 0.199 e. The van der Waals surface area contributed by atoms with E-state index in [1.165, 1.54) is 7.11 Å². The zero-order valence-corrected chi connectivity index (χ0v) is 13.5. The third-order valence-electron chi connectivity index (χ3n) is 3.71. The van der Waals surface area contributed by atoms with Crippen molar-refractivity contribution in [2.24, 2.45) is 0 Å². The van der Waals surface area contributed by atoms with Gasteiger partial charge in [-0.3, -0.25) is 9.59 Å². The molecule has 0 aliphatic carbocycles. The van der Waals surface area contributed by atoms with Gasteiger partial charge < -0.3 is 4.74 Å². The molecular weight excluding hydrogens is 288 g/mol. The lowest BCUT2D eigenvalue weighted by Crippen LogP contribution is -2.32. The smallest absolute Gasteiger partial charge is 0.199 e. The molecule has 0 saturated heterocycles. The Morgan fingerprint density at radius 2 is 1.70 bits per heavy atom. The van der Waals surface area contributed by atoms with Gasteiger partial charge in [0, 0.05) is 18.2 Å². The van der Waals surface area contributed by atoms with E-state index in [1.807, 2.05) is 12.1 Å². The van der Waals surface area contributed by atoms with Crippen LogP contribution < -0.4 is 0 Å². The Morgan fingerprint density at radius 1 is 1.04 bits per heavy atom. The first-order valence-corrected chi connectivity index (χ1v) is 7.82. The normalized spacial score (nSPS) is 13.9. The average molecular weight is 311 g/mol. The van der Waals surface area contributed by atoms with E-state index in [1.54, 1.807) is 42.5 Å². The zero-order valence-electron chi connectivity index (χ0n) is 14.5. The summed E-state index contributed by atoms with van der Waals surface area (Å²) in [4.78, 5) is 25.7. The van der Waals surface area contributed by atoms with Crippen LogP contribution in [0.4, 0.5) is 0 Å². The van der Waals surface area contributed by atoms with Crippen LogP contribution in [0.25, 0.3) is 0 Å². The minimum atomic E-state index is -2.27. The maximum absolute atomic E-state index is 13.0. The van der Waals surface area contributed by atoms with Crippen molar-refractivity contribution in [1.82, 2.24) is 0 Å². The Bertz CT molecular complexity index is 712. The minimum Gasteiger partial charge on any atom is -0.365 e. The van der Waals surface area contributed by atoms with Gasteiger partial charge in [0.2, 0.25) is 0 Å². The van der Waals surface area contributed by atoms with Crippen molar-refractivity contribution in [2.75, 3.05) is 7.11 Å². The fourth-order valence-corrected chi connectivity index (χ4v) is 2.46. The molecule has 0 N–H and O–H groups in total. The lowest BCUT2D eigenvalue weighted by molar-refractivity contribution is 0.0513. The summed E-state index contributed by atoms with van der Waals surface area (Å²) in [6, 6.07) is 15.5. The number of aryl methyl sites for hydroxylation is 1. The molecule has 0 radical (unpaired) electrons. The third kappa shape index (κ3) is 4.14. The van der Waals surface area contributed by atoms with Crippen molar-refractivity contribution in [2.45, 2.75) is 32.3 Å². The van der Waals surface area contributed by atoms with Gasteiger partial charge in [0.15, 0.2) is 17.6 Å². The largest absolute Gasteiger partial charge is 0.365 e. The fraction of sp³-hybridized carbons (Fsp3) is 0.300. The molecule has 0 heterocycles. The molecular formula is C20H22O3. The first kappa shape index (κ1) is 15.6. The molecule has 0 bridgehead atoms. The van der Waals surface area contributed by atoms with Gasteiger partial charge in [-0.25, -0.2) is 0 Å². The van der Waals surface area contributed by atoms with E-state index in [-0.39, 0.29) is 5.56 Å². The quantitative estimate of drug-likeness (QED) is 0.544. The monoisotopic (exact) mass is 311 g/mol. The van der Waals surface area contributed by atoms with E-state index in [0.29, 0.717) is 5.56 Å². The summed E-state index contributed by atoms with van der Waals surface area (Å²) in [6.07, 6.45) is 0.401. The maximum atomic E-state index is 13.0. The molecule has 3 heteroatoms. The highest BCUT2D eigenvalue weighted by Crippen LogP contribution is 2.17. The Kier molecular flexibility index (Phi) is 5.70.